The van der Waals surface area contributed by atoms with E-state index in [1.54, 1.807) is 59.2 Å². The molecule has 0 aliphatic heterocycles. The van der Waals surface area contributed by atoms with Crippen LogP contribution in [0.2, 0.25) is 0 Å². The van der Waals surface area contributed by atoms with Crippen molar-refractivity contribution in [3.05, 3.63) is 46.8 Å². The maximum absolute atomic E-state index is 12.9. The van der Waals surface area contributed by atoms with Gasteiger partial charge in [-0.25, -0.2) is 0 Å². The number of benzene rings is 1. The second-order valence-corrected chi connectivity index (χ2v) is 7.07. The Morgan fingerprint density at radius 1 is 1.18 bits per heavy atom. The Kier molecular flexibility index (Phi) is 6.75. The third-order valence-corrected chi connectivity index (χ3v) is 4.98. The number of nitrogens with one attached hydrogen (secondary N) is 3. The van der Waals surface area contributed by atoms with E-state index in [4.69, 9.17) is 4.74 Å². The molecule has 1 amide bonds. The smallest absolute Gasteiger partial charge is 0.279 e. The van der Waals surface area contributed by atoms with E-state index >= 15 is 0 Å². The monoisotopic (exact) mass is 386 g/mol. The molecule has 0 fully saturated rings. The summed E-state index contributed by atoms with van der Waals surface area (Å²) in [5.41, 5.74) is 3.02. The molecule has 2 atom stereocenters. The Bertz CT molecular complexity index is 884. The van der Waals surface area contributed by atoms with Crippen LogP contribution in [0.4, 0.5) is 5.69 Å². The Morgan fingerprint density at radius 3 is 2.29 bits per heavy atom. The SMILES string of the molecule is COc1ccc(NC(=O)C[NH+](C)[C@H](C)C(=O)c2[nH]c(C)c(C(C)=O)c2C)cc1. The van der Waals surface area contributed by atoms with Crippen LogP contribution in [-0.2, 0) is 4.79 Å². The number of carbonyl (C=O) groups excluding carboxylic acids is 3. The molecular formula is C21H28N3O4+. The van der Waals surface area contributed by atoms with E-state index in [1.807, 2.05) is 0 Å². The van der Waals surface area contributed by atoms with Gasteiger partial charge in [0.1, 0.15) is 5.75 Å². The normalized spacial score (nSPS) is 12.9. The number of ether oxygens (including phenoxy) is 1. The van der Waals surface area contributed by atoms with Crippen LogP contribution in [0.3, 0.4) is 0 Å². The lowest BCUT2D eigenvalue weighted by Gasteiger charge is -2.20. The number of aryl methyl sites for hydroxylation is 1. The van der Waals surface area contributed by atoms with Gasteiger partial charge in [-0.1, -0.05) is 0 Å². The molecule has 1 aromatic heterocycles. The molecule has 1 heterocycles. The van der Waals surface area contributed by atoms with Gasteiger partial charge in [0.15, 0.2) is 18.4 Å². The lowest BCUT2D eigenvalue weighted by molar-refractivity contribution is -0.885. The molecule has 1 unspecified atom stereocenters. The van der Waals surface area contributed by atoms with Crippen LogP contribution in [-0.4, -0.2) is 49.2 Å². The molecule has 0 radical (unpaired) electrons. The Labute approximate surface area is 165 Å². The molecule has 0 saturated carbocycles. The van der Waals surface area contributed by atoms with E-state index in [0.29, 0.717) is 34.0 Å². The molecule has 2 rings (SSSR count). The van der Waals surface area contributed by atoms with E-state index in [0.717, 1.165) is 4.90 Å². The number of ketones is 2. The number of methoxy groups -OCH3 is 1. The molecule has 7 nitrogen and oxygen atoms in total. The molecule has 7 heteroatoms. The molecule has 0 aliphatic rings. The van der Waals surface area contributed by atoms with E-state index in [1.165, 1.54) is 6.92 Å². The summed E-state index contributed by atoms with van der Waals surface area (Å²) in [7, 11) is 3.38. The van der Waals surface area contributed by atoms with Crippen LogP contribution < -0.4 is 15.0 Å². The van der Waals surface area contributed by atoms with Crippen LogP contribution in [0.25, 0.3) is 0 Å². The van der Waals surface area contributed by atoms with Crippen molar-refractivity contribution in [3.63, 3.8) is 0 Å². The van der Waals surface area contributed by atoms with Gasteiger partial charge >= 0.3 is 0 Å². The number of hydrogen-bond acceptors (Lipinski definition) is 4. The highest BCUT2D eigenvalue weighted by Gasteiger charge is 2.29. The number of likely N-dealkylation sites (N-methyl/N-ethyl adjacent to an activating group) is 1. The molecule has 28 heavy (non-hydrogen) atoms. The fourth-order valence-electron chi connectivity index (χ4n) is 3.25. The van der Waals surface area contributed by atoms with E-state index in [9.17, 15) is 14.4 Å². The summed E-state index contributed by atoms with van der Waals surface area (Å²) in [6.45, 7) is 6.95. The first-order valence-corrected chi connectivity index (χ1v) is 9.16. The molecule has 0 aliphatic carbocycles. The summed E-state index contributed by atoms with van der Waals surface area (Å²) >= 11 is 0. The van der Waals surface area contributed by atoms with Gasteiger partial charge in [0.25, 0.3) is 5.91 Å². The van der Waals surface area contributed by atoms with Crippen molar-refractivity contribution < 1.29 is 24.0 Å². The highest BCUT2D eigenvalue weighted by atomic mass is 16.5. The molecule has 0 bridgehead atoms. The zero-order valence-corrected chi connectivity index (χ0v) is 17.2. The predicted molar refractivity (Wildman–Crippen MR) is 107 cm³/mol. The summed E-state index contributed by atoms with van der Waals surface area (Å²) in [6.07, 6.45) is 0. The Hall–Kier alpha value is -2.93. The molecule has 0 saturated heterocycles. The number of aromatic amines is 1. The van der Waals surface area contributed by atoms with E-state index < -0.39 is 6.04 Å². The minimum Gasteiger partial charge on any atom is -0.497 e. The summed E-state index contributed by atoms with van der Waals surface area (Å²) in [4.78, 5) is 40.8. The van der Waals surface area contributed by atoms with Crippen LogP contribution in [0.5, 0.6) is 5.75 Å². The summed E-state index contributed by atoms with van der Waals surface area (Å²) in [5.74, 6) is 0.327. The predicted octanol–water partition coefficient (Wildman–Crippen LogP) is 1.57. The van der Waals surface area contributed by atoms with Crippen molar-refractivity contribution in [3.8, 4) is 5.75 Å². The van der Waals surface area contributed by atoms with Crippen LogP contribution in [0.1, 0.15) is 46.0 Å². The van der Waals surface area contributed by atoms with Gasteiger partial charge in [0, 0.05) is 16.9 Å². The number of quaternary nitrogens is 1. The van der Waals surface area contributed by atoms with E-state index in [-0.39, 0.29) is 24.0 Å². The highest BCUT2D eigenvalue weighted by Crippen LogP contribution is 2.19. The van der Waals surface area contributed by atoms with Gasteiger partial charge in [-0.2, -0.15) is 0 Å². The fraction of sp³-hybridized carbons (Fsp3) is 0.381. The Morgan fingerprint density at radius 2 is 1.79 bits per heavy atom. The second kappa shape index (κ2) is 8.84. The van der Waals surface area contributed by atoms with Gasteiger partial charge in [0.2, 0.25) is 5.78 Å². The third kappa shape index (κ3) is 4.67. The summed E-state index contributed by atoms with van der Waals surface area (Å²) in [5, 5.41) is 2.82. The standard InChI is InChI=1S/C21H27N3O4/c1-12-19(15(4)25)13(2)22-20(12)21(27)14(3)24(5)11-18(26)23-16-7-9-17(28-6)10-8-16/h7-10,14,22H,11H2,1-6H3,(H,23,26)/p+1/t14-/m1/s1. The largest absolute Gasteiger partial charge is 0.497 e. The highest BCUT2D eigenvalue weighted by molar-refractivity contribution is 6.04. The first-order valence-electron chi connectivity index (χ1n) is 9.16. The topological polar surface area (TPSA) is 92.7 Å². The van der Waals surface area contributed by atoms with E-state index in [2.05, 4.69) is 10.3 Å². The quantitative estimate of drug-likeness (QED) is 0.601. The van der Waals surface area contributed by atoms with Crippen LogP contribution in [0, 0.1) is 13.8 Å². The van der Waals surface area contributed by atoms with Crippen molar-refractivity contribution in [1.29, 1.82) is 0 Å². The molecule has 1 aromatic carbocycles. The second-order valence-electron chi connectivity index (χ2n) is 7.07. The third-order valence-electron chi connectivity index (χ3n) is 4.98. The first-order chi connectivity index (χ1) is 13.1. The molecular weight excluding hydrogens is 358 g/mol. The van der Waals surface area contributed by atoms with Gasteiger partial charge < -0.3 is 19.9 Å². The lowest BCUT2D eigenvalue weighted by Crippen LogP contribution is -3.14. The fourth-order valence-corrected chi connectivity index (χ4v) is 3.25. The van der Waals surface area contributed by atoms with Crippen molar-refractivity contribution in [2.45, 2.75) is 33.7 Å². The molecule has 3 N–H and O–H groups in total. The van der Waals surface area contributed by atoms with Crippen molar-refractivity contribution in [1.82, 2.24) is 4.98 Å². The zero-order chi connectivity index (χ0) is 21.0. The number of amides is 1. The van der Waals surface area contributed by atoms with Gasteiger partial charge in [0.05, 0.1) is 19.9 Å². The molecule has 150 valence electrons. The number of Topliss-reactive ketones (excluding diaryl/α,β-unsaturated/α-hetero) is 2. The van der Waals surface area contributed by atoms with Crippen molar-refractivity contribution in [2.75, 3.05) is 26.0 Å². The van der Waals surface area contributed by atoms with Crippen molar-refractivity contribution in [2.24, 2.45) is 0 Å². The van der Waals surface area contributed by atoms with Gasteiger partial charge in [-0.05, 0) is 57.5 Å². The average molecular weight is 386 g/mol. The van der Waals surface area contributed by atoms with Gasteiger partial charge in [-0.3, -0.25) is 14.4 Å². The number of hydrogen-bond donors (Lipinski definition) is 3. The summed E-state index contributed by atoms with van der Waals surface area (Å²) in [6, 6.07) is 6.60. The maximum atomic E-state index is 12.9. The first kappa shape index (κ1) is 21.4. The number of carbonyl (C=O) groups is 3. The number of rotatable bonds is 8. The molecule has 2 aromatic rings. The number of anilines is 1. The number of H-pyrrole nitrogens is 1. The zero-order valence-electron chi connectivity index (χ0n) is 17.2. The Balaban J connectivity index is 2.04. The minimum atomic E-state index is -0.446. The van der Waals surface area contributed by atoms with Crippen LogP contribution >= 0.6 is 0 Å². The number of aromatic nitrogens is 1. The van der Waals surface area contributed by atoms with Crippen LogP contribution in [0.15, 0.2) is 24.3 Å². The lowest BCUT2D eigenvalue weighted by atomic mass is 10.0. The maximum Gasteiger partial charge on any atom is 0.279 e. The minimum absolute atomic E-state index is 0.0717. The average Bonchev–Trinajstić information content (AvgIpc) is 2.95. The van der Waals surface area contributed by atoms with Gasteiger partial charge in [-0.15, -0.1) is 0 Å². The summed E-state index contributed by atoms with van der Waals surface area (Å²) < 4.78 is 5.09. The molecule has 0 spiro atoms. The van der Waals surface area contributed by atoms with Crippen molar-refractivity contribution >= 4 is 23.2 Å².